The summed E-state index contributed by atoms with van der Waals surface area (Å²) in [5, 5.41) is 11.3. The third-order valence-corrected chi connectivity index (χ3v) is 8.53. The first-order chi connectivity index (χ1) is 15.8. The number of thiazole rings is 2. The monoisotopic (exact) mass is 484 g/mol. The first kappa shape index (κ1) is 23.2. The molecule has 3 aromatic rings. The molecule has 4 atom stereocenters. The van der Waals surface area contributed by atoms with Gasteiger partial charge in [-0.05, 0) is 36.3 Å². The highest BCUT2D eigenvalue weighted by Gasteiger charge is 2.39. The van der Waals surface area contributed by atoms with E-state index in [4.69, 9.17) is 10.7 Å². The van der Waals surface area contributed by atoms with E-state index < -0.39 is 0 Å². The van der Waals surface area contributed by atoms with E-state index in [2.05, 4.69) is 41.7 Å². The predicted octanol–water partition coefficient (Wildman–Crippen LogP) is 5.13. The van der Waals surface area contributed by atoms with Gasteiger partial charge in [-0.1, -0.05) is 44.2 Å². The van der Waals surface area contributed by atoms with E-state index in [1.165, 1.54) is 29.7 Å². The number of carbonyl (C=O) groups excluding carboxylic acids is 2. The molecule has 1 saturated carbocycles. The topological polar surface area (TPSA) is 122 Å². The molecule has 2 aromatic heterocycles. The van der Waals surface area contributed by atoms with Crippen LogP contribution in [-0.2, 0) is 4.79 Å². The van der Waals surface area contributed by atoms with Crippen LogP contribution in [0.1, 0.15) is 27.2 Å². The van der Waals surface area contributed by atoms with Crippen molar-refractivity contribution in [1.82, 2.24) is 15.3 Å². The van der Waals surface area contributed by atoms with Crippen molar-refractivity contribution in [2.75, 3.05) is 23.4 Å². The van der Waals surface area contributed by atoms with Gasteiger partial charge in [-0.2, -0.15) is 0 Å². The van der Waals surface area contributed by atoms with Gasteiger partial charge in [0.05, 0.1) is 5.69 Å². The Balaban J connectivity index is 1.50. The normalized spacial score (nSPS) is 22.2. The lowest BCUT2D eigenvalue weighted by atomic mass is 9.90. The molecule has 33 heavy (non-hydrogen) atoms. The second-order valence-electron chi connectivity index (χ2n) is 8.58. The van der Waals surface area contributed by atoms with Gasteiger partial charge >= 0.3 is 6.03 Å². The SMILES string of the molecule is CNC(=O)Nc1nc(N)c(-c2nc(-c3cccc(NC(=O)[C@@H]4C[C@H](C)[C@H](C)[C@@H]4C)c3)cs2)s1. The molecule has 0 bridgehead atoms. The summed E-state index contributed by atoms with van der Waals surface area (Å²) in [4.78, 5) is 34.1. The van der Waals surface area contributed by atoms with Crippen LogP contribution < -0.4 is 21.7 Å². The average molecular weight is 485 g/mol. The van der Waals surface area contributed by atoms with Crippen molar-refractivity contribution < 1.29 is 9.59 Å². The van der Waals surface area contributed by atoms with E-state index in [1.807, 2.05) is 29.6 Å². The number of carbonyl (C=O) groups is 2. The summed E-state index contributed by atoms with van der Waals surface area (Å²) >= 11 is 2.73. The molecule has 1 aliphatic carbocycles. The van der Waals surface area contributed by atoms with Crippen molar-refractivity contribution >= 4 is 51.2 Å². The average Bonchev–Trinajstić information content (AvgIpc) is 3.48. The van der Waals surface area contributed by atoms with E-state index in [1.54, 1.807) is 0 Å². The summed E-state index contributed by atoms with van der Waals surface area (Å²) in [6, 6.07) is 7.37. The first-order valence-corrected chi connectivity index (χ1v) is 12.6. The highest BCUT2D eigenvalue weighted by molar-refractivity contribution is 7.23. The molecule has 1 fully saturated rings. The standard InChI is InChI=1S/C23H28N6O2S2/c1-11-8-16(13(3)12(11)2)20(30)26-15-7-5-6-14(9-15)17-10-32-21(27-17)18-19(24)28-23(33-18)29-22(31)25-4/h5-7,9-13,16H,8,24H2,1-4H3,(H,26,30)(H2,25,28,29,31)/t11-,12-,13-,16+/m0/s1. The Hall–Kier alpha value is -2.98. The minimum absolute atomic E-state index is 0.0384. The third-order valence-electron chi connectivity index (χ3n) is 6.55. The number of anilines is 3. The Morgan fingerprint density at radius 2 is 1.91 bits per heavy atom. The van der Waals surface area contributed by atoms with Gasteiger partial charge in [0, 0.05) is 29.6 Å². The molecule has 1 aromatic carbocycles. The molecule has 10 heteroatoms. The van der Waals surface area contributed by atoms with Crippen LogP contribution in [0.4, 0.5) is 21.4 Å². The van der Waals surface area contributed by atoms with E-state index in [-0.39, 0.29) is 17.9 Å². The Labute approximate surface area is 201 Å². The van der Waals surface area contributed by atoms with Gasteiger partial charge in [-0.3, -0.25) is 10.1 Å². The molecular weight excluding hydrogens is 456 g/mol. The number of nitrogens with zero attached hydrogens (tertiary/aromatic N) is 2. The molecule has 0 saturated heterocycles. The molecule has 3 amide bonds. The van der Waals surface area contributed by atoms with Crippen molar-refractivity contribution in [3.8, 4) is 21.1 Å². The number of nitrogens with two attached hydrogens (primary N) is 1. The van der Waals surface area contributed by atoms with Crippen LogP contribution in [0.2, 0.25) is 0 Å². The molecule has 4 rings (SSSR count). The summed E-state index contributed by atoms with van der Waals surface area (Å²) in [6.07, 6.45) is 0.927. The maximum atomic E-state index is 12.9. The Bertz CT molecular complexity index is 1170. The number of nitrogen functional groups attached to an aromatic ring is 1. The van der Waals surface area contributed by atoms with Gasteiger partial charge in [0.2, 0.25) is 5.91 Å². The number of nitrogens with one attached hydrogen (secondary N) is 3. The Morgan fingerprint density at radius 3 is 2.61 bits per heavy atom. The van der Waals surface area contributed by atoms with Crippen LogP contribution in [0, 0.1) is 23.7 Å². The molecule has 0 radical (unpaired) electrons. The van der Waals surface area contributed by atoms with Crippen LogP contribution in [0.25, 0.3) is 21.1 Å². The number of hydrogen-bond donors (Lipinski definition) is 4. The molecule has 1 aliphatic rings. The summed E-state index contributed by atoms with van der Waals surface area (Å²) in [6.45, 7) is 6.63. The molecule has 0 spiro atoms. The van der Waals surface area contributed by atoms with Crippen molar-refractivity contribution in [2.45, 2.75) is 27.2 Å². The molecule has 2 heterocycles. The maximum absolute atomic E-state index is 12.9. The van der Waals surface area contributed by atoms with Crippen LogP contribution in [-0.4, -0.2) is 29.0 Å². The lowest BCUT2D eigenvalue weighted by molar-refractivity contribution is -0.120. The van der Waals surface area contributed by atoms with Crippen LogP contribution in [0.15, 0.2) is 29.6 Å². The van der Waals surface area contributed by atoms with E-state index in [9.17, 15) is 9.59 Å². The van der Waals surface area contributed by atoms with Gasteiger partial charge in [0.25, 0.3) is 0 Å². The van der Waals surface area contributed by atoms with Crippen molar-refractivity contribution in [3.63, 3.8) is 0 Å². The van der Waals surface area contributed by atoms with Crippen LogP contribution in [0.5, 0.6) is 0 Å². The molecule has 8 nitrogen and oxygen atoms in total. The Morgan fingerprint density at radius 1 is 1.12 bits per heavy atom. The van der Waals surface area contributed by atoms with Crippen LogP contribution >= 0.6 is 22.7 Å². The van der Waals surface area contributed by atoms with Gasteiger partial charge in [-0.25, -0.2) is 14.8 Å². The highest BCUT2D eigenvalue weighted by atomic mass is 32.1. The third kappa shape index (κ3) is 4.86. The minimum atomic E-state index is -0.357. The molecule has 0 aliphatic heterocycles. The number of hydrogen-bond acceptors (Lipinski definition) is 7. The van der Waals surface area contributed by atoms with Gasteiger partial charge in [-0.15, -0.1) is 11.3 Å². The number of rotatable bonds is 5. The highest BCUT2D eigenvalue weighted by Crippen LogP contribution is 2.42. The number of amides is 3. The van der Waals surface area contributed by atoms with E-state index >= 15 is 0 Å². The zero-order valence-corrected chi connectivity index (χ0v) is 20.6. The van der Waals surface area contributed by atoms with Crippen molar-refractivity contribution in [2.24, 2.45) is 23.7 Å². The zero-order chi connectivity index (χ0) is 23.7. The van der Waals surface area contributed by atoms with Crippen LogP contribution in [0.3, 0.4) is 0 Å². The lowest BCUT2D eigenvalue weighted by Gasteiger charge is -2.18. The summed E-state index contributed by atoms with van der Waals surface area (Å²) in [5.41, 5.74) is 8.51. The fourth-order valence-electron chi connectivity index (χ4n) is 4.26. The molecular formula is C23H28N6O2S2. The zero-order valence-electron chi connectivity index (χ0n) is 19.0. The predicted molar refractivity (Wildman–Crippen MR) is 135 cm³/mol. The van der Waals surface area contributed by atoms with Gasteiger partial charge in [0.15, 0.2) is 5.13 Å². The minimum Gasteiger partial charge on any atom is -0.382 e. The summed E-state index contributed by atoms with van der Waals surface area (Å²) < 4.78 is 0. The molecule has 5 N–H and O–H groups in total. The second-order valence-corrected chi connectivity index (χ2v) is 10.4. The smallest absolute Gasteiger partial charge is 0.320 e. The summed E-state index contributed by atoms with van der Waals surface area (Å²) in [7, 11) is 1.53. The van der Waals surface area contributed by atoms with Crippen molar-refractivity contribution in [3.05, 3.63) is 29.6 Å². The number of benzene rings is 1. The van der Waals surface area contributed by atoms with Crippen molar-refractivity contribution in [1.29, 1.82) is 0 Å². The Kier molecular flexibility index (Phi) is 6.66. The van der Waals surface area contributed by atoms with E-state index in [0.717, 1.165) is 28.4 Å². The second kappa shape index (κ2) is 9.48. The van der Waals surface area contributed by atoms with E-state index in [0.29, 0.717) is 33.6 Å². The fraction of sp³-hybridized carbons (Fsp3) is 0.391. The first-order valence-electron chi connectivity index (χ1n) is 10.9. The lowest BCUT2D eigenvalue weighted by Crippen LogP contribution is -2.25. The quantitative estimate of drug-likeness (QED) is 0.400. The van der Waals surface area contributed by atoms with Gasteiger partial charge in [0.1, 0.15) is 15.7 Å². The largest absolute Gasteiger partial charge is 0.382 e. The number of aromatic nitrogens is 2. The molecule has 174 valence electrons. The fourth-order valence-corrected chi connectivity index (χ4v) is 6.07. The van der Waals surface area contributed by atoms with Gasteiger partial charge < -0.3 is 16.4 Å². The maximum Gasteiger partial charge on any atom is 0.320 e. The molecule has 0 unspecified atom stereocenters. The summed E-state index contributed by atoms with van der Waals surface area (Å²) in [5.74, 6) is 1.92. The number of urea groups is 1.